The highest BCUT2D eigenvalue weighted by atomic mass is 35.5. The lowest BCUT2D eigenvalue weighted by atomic mass is 10.2. The largest absolute Gasteiger partial charge is 0.322 e. The third-order valence-corrected chi connectivity index (χ3v) is 4.37. The van der Waals surface area contributed by atoms with Gasteiger partial charge in [0.15, 0.2) is 0 Å². The minimum absolute atomic E-state index is 0.0247. The van der Waals surface area contributed by atoms with Gasteiger partial charge in [0.05, 0.1) is 10.2 Å². The molecule has 0 radical (unpaired) electrons. The van der Waals surface area contributed by atoms with Crippen LogP contribution in [0.5, 0.6) is 0 Å². The van der Waals surface area contributed by atoms with Crippen molar-refractivity contribution in [1.29, 1.82) is 0 Å². The summed E-state index contributed by atoms with van der Waals surface area (Å²) in [5, 5.41) is 3.32. The van der Waals surface area contributed by atoms with Gasteiger partial charge in [-0.05, 0) is 36.4 Å². The lowest BCUT2D eigenvalue weighted by Crippen LogP contribution is -2.11. The number of aromatic nitrogens is 1. The third-order valence-electron chi connectivity index (χ3n) is 3.14. The van der Waals surface area contributed by atoms with E-state index in [9.17, 15) is 9.59 Å². The number of anilines is 1. The molecule has 0 aliphatic carbocycles. The van der Waals surface area contributed by atoms with Crippen LogP contribution in [-0.2, 0) is 7.05 Å². The fourth-order valence-electron chi connectivity index (χ4n) is 2.04. The van der Waals surface area contributed by atoms with Gasteiger partial charge in [-0.1, -0.05) is 29.0 Å². The van der Waals surface area contributed by atoms with E-state index in [-0.39, 0.29) is 10.8 Å². The second-order valence-electron chi connectivity index (χ2n) is 4.57. The number of nitrogens with zero attached hydrogens (tertiary/aromatic N) is 1. The fraction of sp³-hybridized carbons (Fsp3) is 0.0667. The lowest BCUT2D eigenvalue weighted by Gasteiger charge is -2.06. The molecular weight excluding hydrogens is 308 g/mol. The van der Waals surface area contributed by atoms with Gasteiger partial charge in [0.2, 0.25) is 0 Å². The van der Waals surface area contributed by atoms with Gasteiger partial charge < -0.3 is 9.88 Å². The molecule has 106 valence electrons. The van der Waals surface area contributed by atoms with Gasteiger partial charge in [-0.2, -0.15) is 0 Å². The Bertz CT molecular complexity index is 898. The second kappa shape index (κ2) is 5.35. The van der Waals surface area contributed by atoms with Crippen molar-refractivity contribution in [2.75, 3.05) is 5.32 Å². The lowest BCUT2D eigenvalue weighted by molar-refractivity contribution is 0.102. The van der Waals surface area contributed by atoms with Gasteiger partial charge in [-0.15, -0.1) is 0 Å². The first-order valence-corrected chi connectivity index (χ1v) is 7.40. The molecule has 3 rings (SSSR count). The topological polar surface area (TPSA) is 51.1 Å². The minimum atomic E-state index is -0.236. The summed E-state index contributed by atoms with van der Waals surface area (Å²) in [7, 11) is 1.73. The van der Waals surface area contributed by atoms with Crippen LogP contribution in [0.4, 0.5) is 5.69 Å². The molecule has 0 saturated heterocycles. The summed E-state index contributed by atoms with van der Waals surface area (Å²) >= 11 is 7.03. The number of hydrogen-bond donors (Lipinski definition) is 1. The molecule has 0 bridgehead atoms. The van der Waals surface area contributed by atoms with Crippen LogP contribution in [0.2, 0.25) is 5.02 Å². The number of nitrogens with one attached hydrogen (secondary N) is 1. The van der Waals surface area contributed by atoms with E-state index in [1.807, 2.05) is 6.07 Å². The standard InChI is InChI=1S/C15H11ClN2O2S/c1-18-12-6-5-11(8-13(12)21-15(18)20)17-14(19)9-3-2-4-10(16)7-9/h2-8H,1H3,(H,17,19). The van der Waals surface area contributed by atoms with E-state index in [1.54, 1.807) is 48.0 Å². The maximum Gasteiger partial charge on any atom is 0.307 e. The molecule has 0 aliphatic heterocycles. The van der Waals surface area contributed by atoms with Crippen molar-refractivity contribution in [1.82, 2.24) is 4.57 Å². The van der Waals surface area contributed by atoms with Crippen LogP contribution in [0.15, 0.2) is 47.3 Å². The first-order chi connectivity index (χ1) is 10.0. The summed E-state index contributed by atoms with van der Waals surface area (Å²) in [5.74, 6) is -0.236. The van der Waals surface area contributed by atoms with E-state index >= 15 is 0 Å². The number of halogens is 1. The number of rotatable bonds is 2. The van der Waals surface area contributed by atoms with Crippen molar-refractivity contribution in [3.63, 3.8) is 0 Å². The van der Waals surface area contributed by atoms with Crippen LogP contribution in [0, 0.1) is 0 Å². The fourth-order valence-corrected chi connectivity index (χ4v) is 3.15. The highest BCUT2D eigenvalue weighted by molar-refractivity contribution is 7.16. The van der Waals surface area contributed by atoms with Crippen molar-refractivity contribution in [2.24, 2.45) is 7.05 Å². The monoisotopic (exact) mass is 318 g/mol. The molecule has 0 atom stereocenters. The molecule has 1 N–H and O–H groups in total. The molecule has 3 aromatic rings. The molecule has 2 aromatic carbocycles. The average Bonchev–Trinajstić information content (AvgIpc) is 2.73. The Labute approximate surface area is 129 Å². The van der Waals surface area contributed by atoms with Crippen molar-refractivity contribution >= 4 is 44.7 Å². The van der Waals surface area contributed by atoms with Crippen LogP contribution in [-0.4, -0.2) is 10.5 Å². The van der Waals surface area contributed by atoms with Crippen molar-refractivity contribution in [2.45, 2.75) is 0 Å². The van der Waals surface area contributed by atoms with E-state index in [0.717, 1.165) is 21.6 Å². The van der Waals surface area contributed by atoms with Crippen molar-refractivity contribution < 1.29 is 4.79 Å². The zero-order valence-electron chi connectivity index (χ0n) is 11.1. The van der Waals surface area contributed by atoms with Gasteiger partial charge in [0, 0.05) is 23.3 Å². The van der Waals surface area contributed by atoms with Crippen molar-refractivity contribution in [3.8, 4) is 0 Å². The van der Waals surface area contributed by atoms with Gasteiger partial charge >= 0.3 is 4.87 Å². The molecule has 6 heteroatoms. The Morgan fingerprint density at radius 1 is 1.24 bits per heavy atom. The van der Waals surface area contributed by atoms with Gasteiger partial charge in [0.1, 0.15) is 0 Å². The minimum Gasteiger partial charge on any atom is -0.322 e. The first-order valence-electron chi connectivity index (χ1n) is 6.21. The smallest absolute Gasteiger partial charge is 0.307 e. The van der Waals surface area contributed by atoms with Crippen LogP contribution < -0.4 is 10.2 Å². The Balaban J connectivity index is 1.91. The maximum absolute atomic E-state index is 12.1. The quantitative estimate of drug-likeness (QED) is 0.786. The number of carbonyl (C=O) groups is 1. The number of thiazole rings is 1. The summed E-state index contributed by atoms with van der Waals surface area (Å²) in [6.45, 7) is 0. The molecular formula is C15H11ClN2O2S. The SMILES string of the molecule is Cn1c(=O)sc2cc(NC(=O)c3cccc(Cl)c3)ccc21. The predicted molar refractivity (Wildman–Crippen MR) is 86.5 cm³/mol. The van der Waals surface area contributed by atoms with E-state index in [2.05, 4.69) is 5.32 Å². The molecule has 0 fully saturated rings. The van der Waals surface area contributed by atoms with Crippen LogP contribution in [0.1, 0.15) is 10.4 Å². The Morgan fingerprint density at radius 2 is 2.05 bits per heavy atom. The first kappa shape index (κ1) is 13.9. The molecule has 21 heavy (non-hydrogen) atoms. The summed E-state index contributed by atoms with van der Waals surface area (Å²) in [4.78, 5) is 23.7. The van der Waals surface area contributed by atoms with Crippen LogP contribution in [0.25, 0.3) is 10.2 Å². The summed E-state index contributed by atoms with van der Waals surface area (Å²) < 4.78 is 2.43. The van der Waals surface area contributed by atoms with E-state index in [0.29, 0.717) is 16.3 Å². The maximum atomic E-state index is 12.1. The van der Waals surface area contributed by atoms with E-state index < -0.39 is 0 Å². The second-order valence-corrected chi connectivity index (χ2v) is 6.00. The average molecular weight is 319 g/mol. The number of fused-ring (bicyclic) bond motifs is 1. The molecule has 0 saturated carbocycles. The molecule has 0 aliphatic rings. The summed E-state index contributed by atoms with van der Waals surface area (Å²) in [5.41, 5.74) is 1.99. The van der Waals surface area contributed by atoms with E-state index in [1.165, 1.54) is 0 Å². The number of carbonyl (C=O) groups excluding carboxylic acids is 1. The molecule has 1 heterocycles. The zero-order valence-corrected chi connectivity index (χ0v) is 12.7. The van der Waals surface area contributed by atoms with Crippen molar-refractivity contribution in [3.05, 3.63) is 62.7 Å². The molecule has 0 spiro atoms. The Morgan fingerprint density at radius 3 is 2.81 bits per heavy atom. The molecule has 4 nitrogen and oxygen atoms in total. The summed E-state index contributed by atoms with van der Waals surface area (Å²) in [6.07, 6.45) is 0. The van der Waals surface area contributed by atoms with Crippen LogP contribution >= 0.6 is 22.9 Å². The highest BCUT2D eigenvalue weighted by Crippen LogP contribution is 2.22. The van der Waals surface area contributed by atoms with E-state index in [4.69, 9.17) is 11.6 Å². The molecule has 1 aromatic heterocycles. The normalized spacial score (nSPS) is 10.8. The number of benzene rings is 2. The molecule has 0 unspecified atom stereocenters. The number of aryl methyl sites for hydroxylation is 1. The zero-order chi connectivity index (χ0) is 15.0. The Hall–Kier alpha value is -2.11. The van der Waals surface area contributed by atoms with Gasteiger partial charge in [-0.3, -0.25) is 9.59 Å². The Kier molecular flexibility index (Phi) is 3.53. The number of amides is 1. The third kappa shape index (κ3) is 2.70. The number of hydrogen-bond acceptors (Lipinski definition) is 3. The summed E-state index contributed by atoms with van der Waals surface area (Å²) in [6, 6.07) is 12.1. The highest BCUT2D eigenvalue weighted by Gasteiger charge is 2.09. The molecule has 1 amide bonds. The van der Waals surface area contributed by atoms with Crippen LogP contribution in [0.3, 0.4) is 0 Å². The predicted octanol–water partition coefficient (Wildman–Crippen LogP) is 3.51. The van der Waals surface area contributed by atoms with Gasteiger partial charge in [-0.25, -0.2) is 0 Å². The van der Waals surface area contributed by atoms with Gasteiger partial charge in [0.25, 0.3) is 5.91 Å².